The van der Waals surface area contributed by atoms with Gasteiger partial charge in [0.05, 0.1) is 11.3 Å². The maximum Gasteiger partial charge on any atom is 0.337 e. The second kappa shape index (κ2) is 5.48. The largest absolute Gasteiger partial charge is 0.478 e. The summed E-state index contributed by atoms with van der Waals surface area (Å²) in [5.74, 6) is -0.997. The van der Waals surface area contributed by atoms with Crippen LogP contribution in [-0.4, -0.2) is 28.2 Å². The summed E-state index contributed by atoms with van der Waals surface area (Å²) >= 11 is 0. The topological polar surface area (TPSA) is 78.6 Å². The molecule has 1 saturated heterocycles. The summed E-state index contributed by atoms with van der Waals surface area (Å²) in [6.07, 6.45) is 3.58. The van der Waals surface area contributed by atoms with Crippen LogP contribution >= 0.6 is 0 Å². The minimum absolute atomic E-state index is 0.144. The molecule has 2 rings (SSSR count). The van der Waals surface area contributed by atoms with Gasteiger partial charge in [-0.05, 0) is 44.9 Å². The number of anilines is 2. The highest BCUT2D eigenvalue weighted by Gasteiger charge is 2.24. The number of carboxylic acids is 1. The fraction of sp³-hybridized carbons (Fsp3) is 0.500. The summed E-state index contributed by atoms with van der Waals surface area (Å²) in [4.78, 5) is 10.9. The normalized spacial score (nSPS) is 24.1. The first-order valence-electron chi connectivity index (χ1n) is 6.67. The summed E-state index contributed by atoms with van der Waals surface area (Å²) in [5, 5.41) is 11.2. The summed E-state index contributed by atoms with van der Waals surface area (Å²) in [6, 6.07) is 5.90. The van der Waals surface area contributed by atoms with Gasteiger partial charge in [-0.2, -0.15) is 0 Å². The van der Waals surface area contributed by atoms with E-state index >= 15 is 0 Å². The Bertz CT molecular complexity index is 466. The van der Waals surface area contributed by atoms with Crippen molar-refractivity contribution in [3.63, 3.8) is 0 Å². The minimum atomic E-state index is -0.997. The number of carboxylic acid groups (broad SMARTS) is 1. The second-order valence-electron chi connectivity index (χ2n) is 5.26. The van der Waals surface area contributed by atoms with E-state index in [1.807, 2.05) is 0 Å². The van der Waals surface area contributed by atoms with Gasteiger partial charge in [0, 0.05) is 17.8 Å². The molecule has 104 valence electrons. The summed E-state index contributed by atoms with van der Waals surface area (Å²) in [7, 11) is 0. The zero-order valence-electron chi connectivity index (χ0n) is 11.4. The van der Waals surface area contributed by atoms with Crippen molar-refractivity contribution in [2.45, 2.75) is 45.2 Å². The average molecular weight is 263 g/mol. The molecule has 0 aromatic heterocycles. The molecule has 0 aliphatic carbocycles. The average Bonchev–Trinajstić information content (AvgIpc) is 2.33. The molecule has 0 bridgehead atoms. The van der Waals surface area contributed by atoms with Crippen LogP contribution in [0.25, 0.3) is 0 Å². The van der Waals surface area contributed by atoms with E-state index in [0.29, 0.717) is 12.1 Å². The van der Waals surface area contributed by atoms with Gasteiger partial charge in [0.2, 0.25) is 0 Å². The van der Waals surface area contributed by atoms with Gasteiger partial charge in [-0.15, -0.1) is 0 Å². The highest BCUT2D eigenvalue weighted by Crippen LogP contribution is 2.25. The number of hydrogen-bond acceptors (Lipinski definition) is 4. The quantitative estimate of drug-likeness (QED) is 0.730. The number of hydrazine groups is 1. The molecule has 5 heteroatoms. The fourth-order valence-corrected chi connectivity index (χ4v) is 2.62. The van der Waals surface area contributed by atoms with Gasteiger partial charge >= 0.3 is 5.97 Å². The molecule has 1 aliphatic heterocycles. The summed E-state index contributed by atoms with van der Waals surface area (Å²) in [6.45, 7) is 4.38. The Hall–Kier alpha value is -1.75. The third-order valence-electron chi connectivity index (χ3n) is 3.73. The van der Waals surface area contributed by atoms with Crippen LogP contribution in [0.1, 0.15) is 43.5 Å². The first-order valence-corrected chi connectivity index (χ1v) is 6.67. The number of nitrogens with zero attached hydrogens (tertiary/aromatic N) is 1. The molecule has 0 amide bonds. The van der Waals surface area contributed by atoms with Crippen LogP contribution < -0.4 is 11.2 Å². The van der Waals surface area contributed by atoms with Crippen molar-refractivity contribution in [3.05, 3.63) is 23.8 Å². The van der Waals surface area contributed by atoms with Crippen molar-refractivity contribution < 1.29 is 9.90 Å². The number of aromatic carboxylic acids is 1. The Kier molecular flexibility index (Phi) is 3.95. The molecular formula is C14H21N3O2. The molecule has 4 N–H and O–H groups in total. The van der Waals surface area contributed by atoms with E-state index in [0.717, 1.165) is 5.69 Å². The Labute approximate surface area is 113 Å². The number of hydrogen-bond donors (Lipinski definition) is 3. The Morgan fingerprint density at radius 1 is 1.37 bits per heavy atom. The Balaban J connectivity index is 2.14. The SMILES string of the molecule is CC1CCCC(C)N1Nc1ccc(C(=O)O)c(N)c1. The van der Waals surface area contributed by atoms with Crippen LogP contribution in [0.5, 0.6) is 0 Å². The van der Waals surface area contributed by atoms with Crippen molar-refractivity contribution in [1.29, 1.82) is 0 Å². The van der Waals surface area contributed by atoms with Gasteiger partial charge in [-0.1, -0.05) is 6.42 Å². The van der Waals surface area contributed by atoms with Crippen molar-refractivity contribution >= 4 is 17.3 Å². The summed E-state index contributed by atoms with van der Waals surface area (Å²) in [5.41, 5.74) is 10.4. The minimum Gasteiger partial charge on any atom is -0.478 e. The number of benzene rings is 1. The van der Waals surface area contributed by atoms with E-state index in [9.17, 15) is 4.79 Å². The molecule has 1 aromatic rings. The number of nitrogens with two attached hydrogens (primary N) is 1. The van der Waals surface area contributed by atoms with Gasteiger partial charge < -0.3 is 16.3 Å². The molecule has 1 aromatic carbocycles. The molecular weight excluding hydrogens is 242 g/mol. The van der Waals surface area contributed by atoms with Crippen molar-refractivity contribution in [1.82, 2.24) is 5.01 Å². The van der Waals surface area contributed by atoms with Gasteiger partial charge in [0.15, 0.2) is 0 Å². The fourth-order valence-electron chi connectivity index (χ4n) is 2.62. The van der Waals surface area contributed by atoms with E-state index in [2.05, 4.69) is 24.3 Å². The monoisotopic (exact) mass is 263 g/mol. The maximum absolute atomic E-state index is 10.9. The molecule has 2 atom stereocenters. The van der Waals surface area contributed by atoms with E-state index in [-0.39, 0.29) is 11.3 Å². The molecule has 0 spiro atoms. The van der Waals surface area contributed by atoms with Gasteiger partial charge in [-0.25, -0.2) is 9.80 Å². The predicted octanol–water partition coefficient (Wildman–Crippen LogP) is 2.56. The number of nitrogens with one attached hydrogen (secondary N) is 1. The smallest absolute Gasteiger partial charge is 0.337 e. The number of rotatable bonds is 3. The molecule has 1 aliphatic rings. The summed E-state index contributed by atoms with van der Waals surface area (Å²) < 4.78 is 0. The van der Waals surface area contributed by atoms with E-state index in [4.69, 9.17) is 10.8 Å². The van der Waals surface area contributed by atoms with Crippen molar-refractivity contribution in [2.75, 3.05) is 11.2 Å². The number of nitrogen functional groups attached to an aromatic ring is 1. The van der Waals surface area contributed by atoms with Crippen LogP contribution in [0.15, 0.2) is 18.2 Å². The lowest BCUT2D eigenvalue weighted by atomic mass is 10.00. The van der Waals surface area contributed by atoms with Crippen molar-refractivity contribution in [2.24, 2.45) is 0 Å². The van der Waals surface area contributed by atoms with Crippen LogP contribution in [0, 0.1) is 0 Å². The molecule has 5 nitrogen and oxygen atoms in total. The first kappa shape index (κ1) is 13.7. The first-order chi connectivity index (χ1) is 8.99. The molecule has 19 heavy (non-hydrogen) atoms. The van der Waals surface area contributed by atoms with Gasteiger partial charge in [0.1, 0.15) is 0 Å². The zero-order chi connectivity index (χ0) is 14.0. The predicted molar refractivity (Wildman–Crippen MR) is 76.1 cm³/mol. The lowest BCUT2D eigenvalue weighted by Gasteiger charge is -2.39. The van der Waals surface area contributed by atoms with Crippen molar-refractivity contribution in [3.8, 4) is 0 Å². The Morgan fingerprint density at radius 3 is 2.53 bits per heavy atom. The van der Waals surface area contributed by atoms with Crippen LogP contribution in [-0.2, 0) is 0 Å². The van der Waals surface area contributed by atoms with E-state index in [1.165, 1.54) is 19.3 Å². The van der Waals surface area contributed by atoms with Crippen LogP contribution in [0.4, 0.5) is 11.4 Å². The molecule has 0 saturated carbocycles. The lowest BCUT2D eigenvalue weighted by Crippen LogP contribution is -2.47. The maximum atomic E-state index is 10.9. The standard InChI is InChI=1S/C14H21N3O2/c1-9-4-3-5-10(2)17(9)16-11-6-7-12(14(18)19)13(15)8-11/h6-10,16H,3-5,15H2,1-2H3,(H,18,19). The molecule has 0 radical (unpaired) electrons. The van der Waals surface area contributed by atoms with Crippen LogP contribution in [0.3, 0.4) is 0 Å². The lowest BCUT2D eigenvalue weighted by molar-refractivity contribution is 0.0698. The second-order valence-corrected chi connectivity index (χ2v) is 5.26. The van der Waals surface area contributed by atoms with Crippen LogP contribution in [0.2, 0.25) is 0 Å². The van der Waals surface area contributed by atoms with E-state index < -0.39 is 5.97 Å². The number of carbonyl (C=O) groups is 1. The molecule has 1 heterocycles. The third kappa shape index (κ3) is 2.98. The third-order valence-corrected chi connectivity index (χ3v) is 3.73. The van der Waals surface area contributed by atoms with Gasteiger partial charge in [0.25, 0.3) is 0 Å². The highest BCUT2D eigenvalue weighted by molar-refractivity contribution is 5.94. The van der Waals surface area contributed by atoms with E-state index in [1.54, 1.807) is 18.2 Å². The van der Waals surface area contributed by atoms with Gasteiger partial charge in [-0.3, -0.25) is 0 Å². The molecule has 2 unspecified atom stereocenters. The number of piperidine rings is 1. The highest BCUT2D eigenvalue weighted by atomic mass is 16.4. The Morgan fingerprint density at radius 2 is 2.00 bits per heavy atom. The molecule has 1 fully saturated rings. The zero-order valence-corrected chi connectivity index (χ0v) is 11.4.